The molecule has 2 aromatic rings. The normalized spacial score (nSPS) is 15.5. The fourth-order valence-electron chi connectivity index (χ4n) is 3.60. The van der Waals surface area contributed by atoms with Gasteiger partial charge in [0.1, 0.15) is 5.82 Å². The summed E-state index contributed by atoms with van der Waals surface area (Å²) in [5, 5.41) is 0. The number of amides is 2. The molecule has 3 rings (SSSR count). The number of sulfonamides is 1. The largest absolute Gasteiger partial charge is 0.273 e. The molecule has 9 heteroatoms. The summed E-state index contributed by atoms with van der Waals surface area (Å²) in [4.78, 5) is 24.6. The number of halogens is 1. The van der Waals surface area contributed by atoms with E-state index in [1.54, 1.807) is 12.1 Å². The van der Waals surface area contributed by atoms with E-state index in [-0.39, 0.29) is 36.1 Å². The minimum Gasteiger partial charge on any atom is -0.273 e. The fourth-order valence-corrected chi connectivity index (χ4v) is 5.07. The molecule has 0 saturated carbocycles. The summed E-state index contributed by atoms with van der Waals surface area (Å²) in [5.41, 5.74) is 6.46. The van der Waals surface area contributed by atoms with E-state index in [9.17, 15) is 22.4 Å². The van der Waals surface area contributed by atoms with Gasteiger partial charge in [-0.1, -0.05) is 38.1 Å². The van der Waals surface area contributed by atoms with Crippen molar-refractivity contribution in [1.29, 1.82) is 0 Å². The lowest BCUT2D eigenvalue weighted by atomic mass is 9.98. The first kappa shape index (κ1) is 23.9. The molecule has 1 aliphatic rings. The Labute approximate surface area is 188 Å². The maximum absolute atomic E-state index is 12.9. The van der Waals surface area contributed by atoms with E-state index in [2.05, 4.69) is 10.9 Å². The van der Waals surface area contributed by atoms with Crippen molar-refractivity contribution in [2.24, 2.45) is 5.92 Å². The van der Waals surface area contributed by atoms with Gasteiger partial charge < -0.3 is 0 Å². The lowest BCUT2D eigenvalue weighted by Crippen LogP contribution is -2.48. The Kier molecular flexibility index (Phi) is 7.63. The Morgan fingerprint density at radius 3 is 2.16 bits per heavy atom. The third-order valence-electron chi connectivity index (χ3n) is 5.61. The minimum absolute atomic E-state index is 0.00679. The molecule has 1 heterocycles. The Morgan fingerprint density at radius 2 is 1.59 bits per heavy atom. The van der Waals surface area contributed by atoms with Crippen LogP contribution < -0.4 is 10.9 Å². The molecule has 1 fully saturated rings. The minimum atomic E-state index is -3.61. The predicted octanol–water partition coefficient (Wildman–Crippen LogP) is 2.74. The van der Waals surface area contributed by atoms with E-state index >= 15 is 0 Å². The molecule has 7 nitrogen and oxygen atoms in total. The monoisotopic (exact) mass is 461 g/mol. The van der Waals surface area contributed by atoms with Gasteiger partial charge >= 0.3 is 0 Å². The van der Waals surface area contributed by atoms with E-state index in [0.29, 0.717) is 24.3 Å². The summed E-state index contributed by atoms with van der Waals surface area (Å²) in [7, 11) is -3.61. The lowest BCUT2D eigenvalue weighted by molar-refractivity contribution is -0.131. The van der Waals surface area contributed by atoms with E-state index in [1.807, 2.05) is 26.0 Å². The number of hydrogen-bond donors (Lipinski definition) is 2. The van der Waals surface area contributed by atoms with E-state index in [4.69, 9.17) is 0 Å². The van der Waals surface area contributed by atoms with Gasteiger partial charge in [-0.3, -0.25) is 20.4 Å². The number of carbonyl (C=O) groups excluding carboxylic acids is 2. The molecule has 0 spiro atoms. The third-order valence-corrected chi connectivity index (χ3v) is 7.53. The number of hydrogen-bond acceptors (Lipinski definition) is 4. The summed E-state index contributed by atoms with van der Waals surface area (Å²) in [6, 6.07) is 12.4. The van der Waals surface area contributed by atoms with Gasteiger partial charge in [-0.15, -0.1) is 0 Å². The Morgan fingerprint density at radius 1 is 1.00 bits per heavy atom. The third kappa shape index (κ3) is 5.92. The fraction of sp³-hybridized carbons (Fsp3) is 0.391. The predicted molar refractivity (Wildman–Crippen MR) is 118 cm³/mol. The number of hydrazine groups is 1. The van der Waals surface area contributed by atoms with Crippen LogP contribution in [0, 0.1) is 11.7 Å². The summed E-state index contributed by atoms with van der Waals surface area (Å²) < 4.78 is 40.1. The van der Waals surface area contributed by atoms with E-state index in [0.717, 1.165) is 5.56 Å². The lowest BCUT2D eigenvalue weighted by Gasteiger charge is -2.30. The number of nitrogens with one attached hydrogen (secondary N) is 2. The van der Waals surface area contributed by atoms with Gasteiger partial charge in [0.25, 0.3) is 0 Å². The van der Waals surface area contributed by atoms with Crippen molar-refractivity contribution in [3.63, 3.8) is 0 Å². The highest BCUT2D eigenvalue weighted by molar-refractivity contribution is 7.89. The Hall–Kier alpha value is -2.78. The highest BCUT2D eigenvalue weighted by Crippen LogP contribution is 2.25. The number of piperidine rings is 1. The van der Waals surface area contributed by atoms with Crippen molar-refractivity contribution in [2.45, 2.75) is 43.9 Å². The molecule has 1 aliphatic heterocycles. The average Bonchev–Trinajstić information content (AvgIpc) is 2.79. The van der Waals surface area contributed by atoms with Gasteiger partial charge in [-0.05, 0) is 54.2 Å². The summed E-state index contributed by atoms with van der Waals surface area (Å²) in [6.07, 6.45) is 0.735. The molecule has 2 amide bonds. The van der Waals surface area contributed by atoms with Crippen molar-refractivity contribution >= 4 is 21.8 Å². The SMILES string of the molecule is CC(C)c1ccc(S(=O)(=O)N2CCC(C(=O)NNC(=O)Cc3ccc(F)cc3)CC2)cc1. The molecule has 0 radical (unpaired) electrons. The van der Waals surface area contributed by atoms with Crippen LogP contribution in [0.3, 0.4) is 0 Å². The number of carbonyl (C=O) groups is 2. The smallest absolute Gasteiger partial charge is 0.243 e. The van der Waals surface area contributed by atoms with E-state index < -0.39 is 21.8 Å². The molecule has 32 heavy (non-hydrogen) atoms. The van der Waals surface area contributed by atoms with Crippen molar-refractivity contribution in [3.8, 4) is 0 Å². The van der Waals surface area contributed by atoms with Crippen LogP contribution in [0.15, 0.2) is 53.4 Å². The highest BCUT2D eigenvalue weighted by Gasteiger charge is 2.32. The van der Waals surface area contributed by atoms with Crippen LogP contribution in [0.25, 0.3) is 0 Å². The van der Waals surface area contributed by atoms with Gasteiger partial charge in [-0.2, -0.15) is 4.31 Å². The molecule has 1 saturated heterocycles. The van der Waals surface area contributed by atoms with Crippen LogP contribution in [0.2, 0.25) is 0 Å². The van der Waals surface area contributed by atoms with Gasteiger partial charge in [0.15, 0.2) is 0 Å². The van der Waals surface area contributed by atoms with Crippen LogP contribution in [0.5, 0.6) is 0 Å². The molecule has 0 bridgehead atoms. The second kappa shape index (κ2) is 10.2. The second-order valence-corrected chi connectivity index (χ2v) is 10.2. The van der Waals surface area contributed by atoms with Gasteiger partial charge in [0, 0.05) is 19.0 Å². The molecule has 2 N–H and O–H groups in total. The maximum Gasteiger partial charge on any atom is 0.243 e. The molecule has 0 atom stereocenters. The van der Waals surface area contributed by atoms with Gasteiger partial charge in [-0.25, -0.2) is 12.8 Å². The first-order valence-electron chi connectivity index (χ1n) is 10.6. The summed E-state index contributed by atoms with van der Waals surface area (Å²) in [6.45, 7) is 4.56. The summed E-state index contributed by atoms with van der Waals surface area (Å²) in [5.74, 6) is -1.23. The molecular formula is C23H28FN3O4S. The maximum atomic E-state index is 12.9. The summed E-state index contributed by atoms with van der Waals surface area (Å²) >= 11 is 0. The van der Waals surface area contributed by atoms with Crippen molar-refractivity contribution in [2.75, 3.05) is 13.1 Å². The number of nitrogens with zero attached hydrogens (tertiary/aromatic N) is 1. The highest BCUT2D eigenvalue weighted by atomic mass is 32.2. The van der Waals surface area contributed by atoms with Gasteiger partial charge in [0.2, 0.25) is 21.8 Å². The molecule has 0 aliphatic carbocycles. The molecule has 172 valence electrons. The van der Waals surface area contributed by atoms with Crippen molar-refractivity contribution in [1.82, 2.24) is 15.2 Å². The Bertz CT molecular complexity index is 1050. The molecular weight excluding hydrogens is 433 g/mol. The number of benzene rings is 2. The van der Waals surface area contributed by atoms with Crippen LogP contribution >= 0.6 is 0 Å². The van der Waals surface area contributed by atoms with Crippen LogP contribution in [-0.2, 0) is 26.0 Å². The molecule has 0 unspecified atom stereocenters. The zero-order valence-corrected chi connectivity index (χ0v) is 19.0. The topological polar surface area (TPSA) is 95.6 Å². The zero-order chi connectivity index (χ0) is 23.3. The standard InChI is InChI=1S/C23H28FN3O4S/c1-16(2)18-5-9-21(10-6-18)32(30,31)27-13-11-19(12-14-27)23(29)26-25-22(28)15-17-3-7-20(24)8-4-17/h3-10,16,19H,11-15H2,1-2H3,(H,25,28)(H,26,29). The van der Waals surface area contributed by atoms with E-state index in [1.165, 1.54) is 28.6 Å². The molecule has 2 aromatic carbocycles. The average molecular weight is 462 g/mol. The Balaban J connectivity index is 1.48. The quantitative estimate of drug-likeness (QED) is 0.647. The first-order valence-corrected chi connectivity index (χ1v) is 12.0. The van der Waals surface area contributed by atoms with Crippen LogP contribution in [0.4, 0.5) is 4.39 Å². The van der Waals surface area contributed by atoms with Crippen molar-refractivity contribution in [3.05, 3.63) is 65.5 Å². The molecule has 0 aromatic heterocycles. The zero-order valence-electron chi connectivity index (χ0n) is 18.2. The van der Waals surface area contributed by atoms with Crippen LogP contribution in [-0.4, -0.2) is 37.6 Å². The second-order valence-electron chi connectivity index (χ2n) is 8.24. The first-order chi connectivity index (χ1) is 15.2. The van der Waals surface area contributed by atoms with Gasteiger partial charge in [0.05, 0.1) is 11.3 Å². The van der Waals surface area contributed by atoms with Crippen molar-refractivity contribution < 1.29 is 22.4 Å². The number of rotatable bonds is 6. The van der Waals surface area contributed by atoms with Crippen LogP contribution in [0.1, 0.15) is 43.7 Å².